The van der Waals surface area contributed by atoms with Gasteiger partial charge in [0.2, 0.25) is 0 Å². The van der Waals surface area contributed by atoms with Gasteiger partial charge in [-0.05, 0) is 60.9 Å². The van der Waals surface area contributed by atoms with Crippen molar-refractivity contribution in [2.24, 2.45) is 5.41 Å². The number of hydrogen-bond acceptors (Lipinski definition) is 4. The largest absolute Gasteiger partial charge is 0.486 e. The van der Waals surface area contributed by atoms with E-state index in [-0.39, 0.29) is 17.8 Å². The fraction of sp³-hybridized carbons (Fsp3) is 0.600. The fourth-order valence-corrected chi connectivity index (χ4v) is 3.92. The number of rotatable bonds is 4. The molecular formula is C20H29ClN4O. The van der Waals surface area contributed by atoms with Gasteiger partial charge < -0.3 is 10.1 Å². The second-order valence-corrected chi connectivity index (χ2v) is 8.57. The van der Waals surface area contributed by atoms with E-state index in [2.05, 4.69) is 53.4 Å². The monoisotopic (exact) mass is 376 g/mol. The van der Waals surface area contributed by atoms with Gasteiger partial charge in [0.15, 0.2) is 11.6 Å². The first kappa shape index (κ1) is 19.2. The van der Waals surface area contributed by atoms with Gasteiger partial charge in [-0.3, -0.25) is 5.10 Å². The zero-order valence-corrected chi connectivity index (χ0v) is 16.7. The molecule has 0 amide bonds. The Labute approximate surface area is 161 Å². The van der Waals surface area contributed by atoms with Crippen LogP contribution in [-0.2, 0) is 12.0 Å². The number of ether oxygens (including phenoxy) is 1. The molecule has 0 bridgehead atoms. The molecule has 1 aromatic heterocycles. The van der Waals surface area contributed by atoms with Gasteiger partial charge in [0, 0.05) is 5.92 Å². The van der Waals surface area contributed by atoms with Crippen LogP contribution in [0.5, 0.6) is 5.75 Å². The maximum absolute atomic E-state index is 5.87. The third kappa shape index (κ3) is 3.89. The van der Waals surface area contributed by atoms with Crippen molar-refractivity contribution in [1.82, 2.24) is 20.5 Å². The topological polar surface area (TPSA) is 62.8 Å². The van der Waals surface area contributed by atoms with Crippen molar-refractivity contribution >= 4 is 12.4 Å². The number of aromatic nitrogens is 3. The maximum atomic E-state index is 5.87. The molecule has 1 aromatic carbocycles. The smallest absolute Gasteiger partial charge is 0.162 e. The Hall–Kier alpha value is -1.59. The number of piperidine rings is 1. The normalized spacial score (nSPS) is 21.3. The summed E-state index contributed by atoms with van der Waals surface area (Å²) >= 11 is 0. The first-order valence-electron chi connectivity index (χ1n) is 9.32. The highest BCUT2D eigenvalue weighted by atomic mass is 35.5. The van der Waals surface area contributed by atoms with Gasteiger partial charge in [-0.1, -0.05) is 32.9 Å². The molecule has 1 saturated heterocycles. The molecular weight excluding hydrogens is 348 g/mol. The van der Waals surface area contributed by atoms with Crippen LogP contribution in [0.2, 0.25) is 0 Å². The lowest BCUT2D eigenvalue weighted by Crippen LogP contribution is -2.29. The fourth-order valence-electron chi connectivity index (χ4n) is 3.92. The molecule has 142 valence electrons. The van der Waals surface area contributed by atoms with E-state index >= 15 is 0 Å². The molecule has 1 unspecified atom stereocenters. The third-order valence-corrected chi connectivity index (χ3v) is 5.75. The molecule has 1 saturated carbocycles. The predicted molar refractivity (Wildman–Crippen MR) is 105 cm³/mol. The van der Waals surface area contributed by atoms with Crippen LogP contribution in [0.25, 0.3) is 0 Å². The number of halogens is 1. The van der Waals surface area contributed by atoms with Gasteiger partial charge in [-0.15, -0.1) is 12.4 Å². The van der Waals surface area contributed by atoms with Gasteiger partial charge in [-0.2, -0.15) is 5.10 Å². The molecule has 1 spiro atoms. The van der Waals surface area contributed by atoms with Crippen molar-refractivity contribution in [2.75, 3.05) is 13.1 Å². The van der Waals surface area contributed by atoms with Gasteiger partial charge in [-0.25, -0.2) is 4.98 Å². The van der Waals surface area contributed by atoms with Crippen LogP contribution in [0.4, 0.5) is 0 Å². The Morgan fingerprint density at radius 2 is 1.85 bits per heavy atom. The lowest BCUT2D eigenvalue weighted by atomic mass is 9.87. The van der Waals surface area contributed by atoms with E-state index in [1.54, 1.807) is 0 Å². The second kappa shape index (κ2) is 7.20. The zero-order valence-electron chi connectivity index (χ0n) is 15.8. The van der Waals surface area contributed by atoms with Crippen molar-refractivity contribution in [3.05, 3.63) is 41.5 Å². The Bertz CT molecular complexity index is 729. The minimum absolute atomic E-state index is 0. The molecule has 6 heteroatoms. The number of benzene rings is 1. The Kier molecular flexibility index (Phi) is 5.31. The Morgan fingerprint density at radius 1 is 1.15 bits per heavy atom. The molecule has 1 aliphatic carbocycles. The quantitative estimate of drug-likeness (QED) is 0.847. The summed E-state index contributed by atoms with van der Waals surface area (Å²) in [7, 11) is 0. The molecule has 2 heterocycles. The highest BCUT2D eigenvalue weighted by Gasteiger charge is 2.56. The van der Waals surface area contributed by atoms with Crippen LogP contribution >= 0.6 is 12.4 Å². The van der Waals surface area contributed by atoms with Crippen LogP contribution in [0, 0.1) is 5.41 Å². The first-order chi connectivity index (χ1) is 12.0. The molecule has 1 aliphatic heterocycles. The van der Waals surface area contributed by atoms with E-state index in [9.17, 15) is 0 Å². The summed E-state index contributed by atoms with van der Waals surface area (Å²) < 4.78 is 5.87. The molecule has 2 N–H and O–H groups in total. The molecule has 1 atom stereocenters. The van der Waals surface area contributed by atoms with Crippen LogP contribution in [0.3, 0.4) is 0 Å². The van der Waals surface area contributed by atoms with E-state index in [1.165, 1.54) is 24.8 Å². The third-order valence-electron chi connectivity index (χ3n) is 5.75. The highest BCUT2D eigenvalue weighted by Crippen LogP contribution is 2.63. The van der Waals surface area contributed by atoms with Crippen molar-refractivity contribution in [3.63, 3.8) is 0 Å². The first-order valence-corrected chi connectivity index (χ1v) is 9.32. The highest BCUT2D eigenvalue weighted by molar-refractivity contribution is 5.85. The van der Waals surface area contributed by atoms with Gasteiger partial charge in [0.25, 0.3) is 0 Å². The average molecular weight is 377 g/mol. The maximum Gasteiger partial charge on any atom is 0.162 e. The molecule has 2 aliphatic rings. The van der Waals surface area contributed by atoms with Crippen molar-refractivity contribution in [1.29, 1.82) is 0 Å². The summed E-state index contributed by atoms with van der Waals surface area (Å²) in [5.41, 5.74) is 1.93. The summed E-state index contributed by atoms with van der Waals surface area (Å²) in [6.45, 7) is 9.33. The minimum atomic E-state index is 0. The van der Waals surface area contributed by atoms with Crippen LogP contribution in [0.15, 0.2) is 24.3 Å². The number of aromatic amines is 1. The Balaban J connectivity index is 0.00000196. The molecule has 0 radical (unpaired) electrons. The SMILES string of the molecule is CC(C)(C)c1ccc(OCc2nc(C3CC34CCNCC4)n[nH]2)cc1.Cl. The minimum Gasteiger partial charge on any atom is -0.486 e. The van der Waals surface area contributed by atoms with E-state index < -0.39 is 0 Å². The number of nitrogens with zero attached hydrogens (tertiary/aromatic N) is 2. The predicted octanol–water partition coefficient (Wildman–Crippen LogP) is 3.96. The van der Waals surface area contributed by atoms with E-state index in [1.807, 2.05) is 12.1 Å². The summed E-state index contributed by atoms with van der Waals surface area (Å²) in [6, 6.07) is 8.32. The number of hydrogen-bond donors (Lipinski definition) is 2. The molecule has 2 fully saturated rings. The Morgan fingerprint density at radius 3 is 2.50 bits per heavy atom. The van der Waals surface area contributed by atoms with E-state index in [0.717, 1.165) is 30.5 Å². The molecule has 4 rings (SSSR count). The van der Waals surface area contributed by atoms with Crippen molar-refractivity contribution in [2.45, 2.75) is 58.0 Å². The zero-order chi connectivity index (χ0) is 17.5. The van der Waals surface area contributed by atoms with E-state index in [4.69, 9.17) is 4.74 Å². The number of nitrogens with one attached hydrogen (secondary N) is 2. The summed E-state index contributed by atoms with van der Waals surface area (Å²) in [5.74, 6) is 3.19. The van der Waals surface area contributed by atoms with Crippen molar-refractivity contribution < 1.29 is 4.74 Å². The van der Waals surface area contributed by atoms with E-state index in [0.29, 0.717) is 17.9 Å². The van der Waals surface area contributed by atoms with Gasteiger partial charge in [0.1, 0.15) is 12.4 Å². The van der Waals surface area contributed by atoms with Crippen LogP contribution in [0.1, 0.15) is 63.2 Å². The molecule has 5 nitrogen and oxygen atoms in total. The van der Waals surface area contributed by atoms with Crippen molar-refractivity contribution in [3.8, 4) is 5.75 Å². The van der Waals surface area contributed by atoms with Gasteiger partial charge in [0.05, 0.1) is 0 Å². The summed E-state index contributed by atoms with van der Waals surface area (Å²) in [4.78, 5) is 4.68. The average Bonchev–Trinajstić information content (AvgIpc) is 3.07. The van der Waals surface area contributed by atoms with Gasteiger partial charge >= 0.3 is 0 Å². The summed E-state index contributed by atoms with van der Waals surface area (Å²) in [5, 5.41) is 10.9. The second-order valence-electron chi connectivity index (χ2n) is 8.57. The lowest BCUT2D eigenvalue weighted by Gasteiger charge is -2.22. The van der Waals surface area contributed by atoms with Crippen LogP contribution < -0.4 is 10.1 Å². The molecule has 2 aromatic rings. The molecule has 26 heavy (non-hydrogen) atoms. The number of H-pyrrole nitrogens is 1. The standard InChI is InChI=1S/C20H28N4O.ClH/c1-19(2,3)14-4-6-15(7-5-14)25-13-17-22-18(24-23-17)16-12-20(16)8-10-21-11-9-20;/h4-7,16,21H,8-13H2,1-3H3,(H,22,23,24);1H. The summed E-state index contributed by atoms with van der Waals surface area (Å²) in [6.07, 6.45) is 3.73. The lowest BCUT2D eigenvalue weighted by molar-refractivity contribution is 0.296. The van der Waals surface area contributed by atoms with Crippen LogP contribution in [-0.4, -0.2) is 28.3 Å².